The number of thiazole rings is 1. The van der Waals surface area contributed by atoms with Crippen molar-refractivity contribution in [1.82, 2.24) is 4.98 Å². The van der Waals surface area contributed by atoms with Gasteiger partial charge in [-0.05, 0) is 48.5 Å². The minimum atomic E-state index is -0.0287. The van der Waals surface area contributed by atoms with Gasteiger partial charge in [0.25, 0.3) is 0 Å². The van der Waals surface area contributed by atoms with Gasteiger partial charge in [-0.15, -0.1) is 22.9 Å². The molecule has 4 aromatic rings. The van der Waals surface area contributed by atoms with Gasteiger partial charge in [0.1, 0.15) is 0 Å². The van der Waals surface area contributed by atoms with E-state index in [1.165, 1.54) is 11.1 Å². The lowest BCUT2D eigenvalue weighted by atomic mass is 10.0. The second-order valence-corrected chi connectivity index (χ2v) is 8.20. The topological polar surface area (TPSA) is 30.0 Å². The number of alkyl halides is 1. The van der Waals surface area contributed by atoms with Crippen LogP contribution in [0.3, 0.4) is 0 Å². The fourth-order valence-corrected chi connectivity index (χ4v) is 4.70. The van der Waals surface area contributed by atoms with Crippen LogP contribution >= 0.6 is 46.3 Å². The fraction of sp³-hybridized carbons (Fsp3) is 0.0476. The van der Waals surface area contributed by atoms with Gasteiger partial charge in [0.15, 0.2) is 10.1 Å². The third-order valence-corrected chi connectivity index (χ3v) is 6.02. The Morgan fingerprint density at radius 1 is 0.926 bits per heavy atom. The van der Waals surface area contributed by atoms with E-state index in [0.29, 0.717) is 16.1 Å². The average molecular weight is 432 g/mol. The number of nitrogens with zero attached hydrogens (tertiary/aromatic N) is 1. The Bertz CT molecular complexity index is 1030. The molecule has 0 aliphatic carbocycles. The summed E-state index contributed by atoms with van der Waals surface area (Å²) in [6.45, 7) is 0. The molecule has 0 unspecified atom stereocenters. The highest BCUT2D eigenvalue weighted by atomic mass is 35.5. The van der Waals surface area contributed by atoms with Gasteiger partial charge in [0.05, 0.1) is 10.2 Å². The van der Waals surface area contributed by atoms with Crippen molar-refractivity contribution in [3.8, 4) is 0 Å². The molecule has 0 saturated carbocycles. The predicted octanol–water partition coefficient (Wildman–Crippen LogP) is 7.19. The van der Waals surface area contributed by atoms with Gasteiger partial charge in [-0.2, -0.15) is 0 Å². The van der Waals surface area contributed by atoms with Gasteiger partial charge in [0.2, 0.25) is 0 Å². The van der Waals surface area contributed by atoms with Crippen LogP contribution in [0, 0.1) is 0 Å². The number of rotatable bonds is 4. The summed E-state index contributed by atoms with van der Waals surface area (Å²) in [5.74, 6) is -0.0287. The Kier molecular flexibility index (Phi) is 6.91. The van der Waals surface area contributed by atoms with E-state index in [4.69, 9.17) is 11.6 Å². The maximum Gasteiger partial charge on any atom is 0.193 e. The zero-order valence-corrected chi connectivity index (χ0v) is 17.5. The third kappa shape index (κ3) is 4.90. The number of carbonyl (C=O) groups excluding carboxylic acids is 1. The summed E-state index contributed by atoms with van der Waals surface area (Å²) in [6.07, 6.45) is 1.47. The first-order valence-corrected chi connectivity index (χ1v) is 10.8. The van der Waals surface area contributed by atoms with Gasteiger partial charge >= 0.3 is 0 Å². The molecule has 0 saturated heterocycles. The summed E-state index contributed by atoms with van der Waals surface area (Å²) in [4.78, 5) is 18.2. The van der Waals surface area contributed by atoms with Crippen LogP contribution in [0.1, 0.15) is 15.9 Å². The van der Waals surface area contributed by atoms with Crippen LogP contribution in [0.4, 0.5) is 0 Å². The maximum atomic E-state index is 12.5. The first kappa shape index (κ1) is 19.9. The van der Waals surface area contributed by atoms with Crippen molar-refractivity contribution in [2.45, 2.75) is 9.24 Å². The Labute approximate surface area is 176 Å². The monoisotopic (exact) mass is 431 g/mol. The zero-order chi connectivity index (χ0) is 19.2. The zero-order valence-electron chi connectivity index (χ0n) is 14.4. The Balaban J connectivity index is 0.00000102. The summed E-state index contributed by atoms with van der Waals surface area (Å²) in [5, 5.41) is 0.564. The molecule has 0 aliphatic rings. The van der Waals surface area contributed by atoms with Crippen molar-refractivity contribution in [2.24, 2.45) is 0 Å². The molecule has 1 heterocycles. The quantitative estimate of drug-likeness (QED) is 0.253. The third-order valence-electron chi connectivity index (χ3n) is 3.68. The van der Waals surface area contributed by atoms with E-state index in [9.17, 15) is 4.79 Å². The molecular formula is C21H15Cl2NOS2. The largest absolute Gasteiger partial charge is 0.289 e. The number of benzene rings is 3. The number of hydrogen-bond acceptors (Lipinski definition) is 4. The molecular weight excluding hydrogens is 417 g/mol. The molecule has 27 heavy (non-hydrogen) atoms. The van der Waals surface area contributed by atoms with Crippen LogP contribution in [0.5, 0.6) is 0 Å². The summed E-state index contributed by atoms with van der Waals surface area (Å²) < 4.78 is 2.17. The Morgan fingerprint density at radius 2 is 1.67 bits per heavy atom. The summed E-state index contributed by atoms with van der Waals surface area (Å²) >= 11 is 13.9. The molecule has 0 bridgehead atoms. The Hall–Kier alpha value is -1.85. The molecule has 0 radical (unpaired) electrons. The number of aromatic nitrogens is 1. The van der Waals surface area contributed by atoms with Crippen LogP contribution in [-0.4, -0.2) is 17.2 Å². The molecule has 0 atom stereocenters. The molecule has 0 fully saturated rings. The van der Waals surface area contributed by atoms with Crippen molar-refractivity contribution >= 4 is 62.3 Å². The minimum Gasteiger partial charge on any atom is -0.289 e. The molecule has 0 amide bonds. The number of carbonyl (C=O) groups is 1. The second-order valence-electron chi connectivity index (χ2n) is 5.41. The molecule has 1 aromatic heterocycles. The molecule has 6 heteroatoms. The van der Waals surface area contributed by atoms with E-state index in [-0.39, 0.29) is 5.78 Å². The van der Waals surface area contributed by atoms with E-state index in [1.807, 2.05) is 42.5 Å². The van der Waals surface area contributed by atoms with Gasteiger partial charge < -0.3 is 0 Å². The highest BCUT2D eigenvalue weighted by Gasteiger charge is 2.10. The lowest BCUT2D eigenvalue weighted by Gasteiger charge is -2.03. The number of halogens is 2. The van der Waals surface area contributed by atoms with Crippen LogP contribution in [0.2, 0.25) is 5.02 Å². The lowest BCUT2D eigenvalue weighted by molar-refractivity contribution is 0.103. The number of ketones is 1. The number of fused-ring (bicyclic) bond motifs is 1. The molecule has 2 nitrogen and oxygen atoms in total. The maximum absolute atomic E-state index is 12.5. The van der Waals surface area contributed by atoms with Gasteiger partial charge in [0, 0.05) is 27.4 Å². The van der Waals surface area contributed by atoms with Crippen LogP contribution < -0.4 is 0 Å². The Morgan fingerprint density at radius 3 is 2.37 bits per heavy atom. The SMILES string of the molecule is CCl.O=C(c1ccc(Sc2nc3ccccc3s2)cc1)c1cccc(Cl)c1. The predicted molar refractivity (Wildman–Crippen MR) is 117 cm³/mol. The molecule has 4 rings (SSSR count). The highest BCUT2D eigenvalue weighted by molar-refractivity contribution is 8.01. The van der Waals surface area contributed by atoms with E-state index < -0.39 is 0 Å². The van der Waals surface area contributed by atoms with Crippen molar-refractivity contribution in [2.75, 3.05) is 6.38 Å². The second kappa shape index (κ2) is 9.38. The number of para-hydroxylation sites is 1. The van der Waals surface area contributed by atoms with E-state index in [1.54, 1.807) is 47.4 Å². The smallest absolute Gasteiger partial charge is 0.193 e. The minimum absolute atomic E-state index is 0.0287. The average Bonchev–Trinajstić information content (AvgIpc) is 3.12. The molecule has 0 spiro atoms. The number of hydrogen-bond donors (Lipinski definition) is 0. The van der Waals surface area contributed by atoms with Gasteiger partial charge in [-0.3, -0.25) is 4.79 Å². The molecule has 3 aromatic carbocycles. The van der Waals surface area contributed by atoms with Gasteiger partial charge in [-0.25, -0.2) is 4.98 Å². The van der Waals surface area contributed by atoms with E-state index in [0.717, 1.165) is 14.8 Å². The lowest BCUT2D eigenvalue weighted by Crippen LogP contribution is -2.00. The highest BCUT2D eigenvalue weighted by Crippen LogP contribution is 2.34. The van der Waals surface area contributed by atoms with E-state index in [2.05, 4.69) is 22.7 Å². The normalized spacial score (nSPS) is 10.3. The standard InChI is InChI=1S/C20H12ClNOS2.CH3Cl/c21-15-5-3-4-14(12-15)19(23)13-8-10-16(11-9-13)24-20-22-17-6-1-2-7-18(17)25-20;1-2/h1-12H;1H3. The van der Waals surface area contributed by atoms with Crippen molar-refractivity contribution < 1.29 is 4.79 Å². The first-order valence-electron chi connectivity index (χ1n) is 8.00. The summed E-state index contributed by atoms with van der Waals surface area (Å²) in [5.41, 5.74) is 2.26. The van der Waals surface area contributed by atoms with Crippen molar-refractivity contribution in [1.29, 1.82) is 0 Å². The van der Waals surface area contributed by atoms with Crippen LogP contribution in [-0.2, 0) is 0 Å². The summed E-state index contributed by atoms with van der Waals surface area (Å²) in [7, 11) is 0. The van der Waals surface area contributed by atoms with E-state index >= 15 is 0 Å². The molecule has 0 aliphatic heterocycles. The van der Waals surface area contributed by atoms with Crippen LogP contribution in [0.25, 0.3) is 10.2 Å². The van der Waals surface area contributed by atoms with Crippen molar-refractivity contribution in [3.05, 3.63) is 88.9 Å². The first-order chi connectivity index (χ1) is 13.2. The van der Waals surface area contributed by atoms with Crippen molar-refractivity contribution in [3.63, 3.8) is 0 Å². The molecule has 0 N–H and O–H groups in total. The van der Waals surface area contributed by atoms with Crippen LogP contribution in [0.15, 0.2) is 82.0 Å². The molecule has 136 valence electrons. The fourth-order valence-electron chi connectivity index (χ4n) is 2.47. The summed E-state index contributed by atoms with van der Waals surface area (Å²) in [6, 6.07) is 22.7. The van der Waals surface area contributed by atoms with Gasteiger partial charge in [-0.1, -0.05) is 47.6 Å².